The van der Waals surface area contributed by atoms with E-state index in [1.165, 1.54) is 16.7 Å². The molecule has 3 nitrogen and oxygen atoms in total. The van der Waals surface area contributed by atoms with E-state index in [1.54, 1.807) is 42.3 Å². The van der Waals surface area contributed by atoms with Gasteiger partial charge in [-0.3, -0.25) is 0 Å². The van der Waals surface area contributed by atoms with E-state index in [0.717, 1.165) is 0 Å². The minimum absolute atomic E-state index is 1.23. The standard InChI is InChI=1S/C7H11.C6H10.3C2H6N.Ti/c1-6(2)5-7(3)4;1-4-6(3)5-2;3*1-3-2;/h1,5H,2-4H3;4-5H,1H2,2-3H3;3*1-2H3;/q;;3*-1;+3. The summed E-state index contributed by atoms with van der Waals surface area (Å²) in [4.78, 5) is 0. The SMILES string of the molecule is C=CC(C)=CC.CC(C)=CC(C)=[CH][Ti+3].C[N-]C.C[N-]C.C[N-]C. The fourth-order valence-electron chi connectivity index (χ4n) is 0.615. The Morgan fingerprint density at radius 2 is 1.09 bits per heavy atom. The van der Waals surface area contributed by atoms with Crippen LogP contribution in [-0.4, -0.2) is 42.3 Å². The van der Waals surface area contributed by atoms with Crippen LogP contribution in [0.25, 0.3) is 16.0 Å². The molecule has 0 N–H and O–H groups in total. The van der Waals surface area contributed by atoms with E-state index < -0.39 is 0 Å². The third-order valence-corrected chi connectivity index (χ3v) is 2.23. The van der Waals surface area contributed by atoms with Crippen LogP contribution in [0, 0.1) is 0 Å². The van der Waals surface area contributed by atoms with Crippen molar-refractivity contribution in [2.45, 2.75) is 34.6 Å². The molecule has 0 aromatic rings. The van der Waals surface area contributed by atoms with Crippen LogP contribution in [0.2, 0.25) is 0 Å². The second kappa shape index (κ2) is 37.6. The Bertz CT molecular complexity index is 284. The summed E-state index contributed by atoms with van der Waals surface area (Å²) < 4.78 is 2.10. The zero-order valence-corrected chi connectivity index (χ0v) is 18.9. The van der Waals surface area contributed by atoms with Gasteiger partial charge in [0.15, 0.2) is 0 Å². The van der Waals surface area contributed by atoms with Gasteiger partial charge >= 0.3 is 62.8 Å². The monoisotopic (exact) mass is 357 g/mol. The minimum Gasteiger partial charge on any atom is -0.668 e. The van der Waals surface area contributed by atoms with Gasteiger partial charge in [0.25, 0.3) is 0 Å². The first-order chi connectivity index (χ1) is 10.7. The zero-order chi connectivity index (χ0) is 19.7. The molecule has 0 amide bonds. The summed E-state index contributed by atoms with van der Waals surface area (Å²) in [7, 11) is 10.5. The predicted molar refractivity (Wildman–Crippen MR) is 108 cm³/mol. The molecular weight excluding hydrogens is 318 g/mol. The molecule has 0 saturated heterocycles. The summed E-state index contributed by atoms with van der Waals surface area (Å²) in [6, 6.07) is 0. The van der Waals surface area contributed by atoms with Crippen LogP contribution in [-0.2, 0) is 20.4 Å². The molecule has 0 unspecified atom stereocenters. The second-order valence-electron chi connectivity index (χ2n) is 4.69. The topological polar surface area (TPSA) is 42.3 Å². The van der Waals surface area contributed by atoms with Crippen LogP contribution in [0.1, 0.15) is 34.6 Å². The van der Waals surface area contributed by atoms with Gasteiger partial charge in [-0.05, 0) is 13.8 Å². The zero-order valence-electron chi connectivity index (χ0n) is 17.4. The van der Waals surface area contributed by atoms with Crippen molar-refractivity contribution in [3.8, 4) is 0 Å². The van der Waals surface area contributed by atoms with Crippen molar-refractivity contribution >= 4 is 0 Å². The molecule has 0 heterocycles. The number of allylic oxidation sites excluding steroid dienone is 6. The fourth-order valence-corrected chi connectivity index (χ4v) is 0.745. The summed E-state index contributed by atoms with van der Waals surface area (Å²) in [5.41, 5.74) is 3.93. The molecule has 0 saturated carbocycles. The molecule has 0 aromatic carbocycles. The Hall–Kier alpha value is -0.446. The molecule has 0 aliphatic heterocycles. The normalized spacial score (nSPS) is 9.26. The Morgan fingerprint density at radius 1 is 0.783 bits per heavy atom. The van der Waals surface area contributed by atoms with Gasteiger partial charge in [-0.25, -0.2) is 0 Å². The molecule has 23 heavy (non-hydrogen) atoms. The van der Waals surface area contributed by atoms with Crippen molar-refractivity contribution in [1.82, 2.24) is 0 Å². The maximum atomic E-state index is 3.56. The number of rotatable bonds is 2. The van der Waals surface area contributed by atoms with E-state index >= 15 is 0 Å². The van der Waals surface area contributed by atoms with E-state index in [1.807, 2.05) is 26.0 Å². The Balaban J connectivity index is -0.0000000636. The summed E-state index contributed by atoms with van der Waals surface area (Å²) >= 11 is 2.05. The summed E-state index contributed by atoms with van der Waals surface area (Å²) in [5.74, 6) is 0. The molecule has 4 heteroatoms. The first-order valence-corrected chi connectivity index (χ1v) is 8.30. The van der Waals surface area contributed by atoms with E-state index in [2.05, 4.69) is 74.2 Å². The fraction of sp³-hybridized carbons (Fsp3) is 0.579. The van der Waals surface area contributed by atoms with Crippen molar-refractivity contribution in [2.24, 2.45) is 0 Å². The molecule has 0 aromatic heterocycles. The molecule has 134 valence electrons. The molecule has 0 bridgehead atoms. The van der Waals surface area contributed by atoms with Crippen molar-refractivity contribution in [3.63, 3.8) is 0 Å². The van der Waals surface area contributed by atoms with E-state index in [9.17, 15) is 0 Å². The van der Waals surface area contributed by atoms with Gasteiger partial charge < -0.3 is 16.0 Å². The molecule has 0 aliphatic carbocycles. The summed E-state index contributed by atoms with van der Waals surface area (Å²) in [5, 5.41) is 10.5. The molecule has 0 rings (SSSR count). The average Bonchev–Trinajstić information content (AvgIpc) is 2.48. The molecule has 0 spiro atoms. The second-order valence-corrected chi connectivity index (χ2v) is 5.14. The van der Waals surface area contributed by atoms with Gasteiger partial charge in [0.05, 0.1) is 0 Å². The van der Waals surface area contributed by atoms with Crippen LogP contribution in [0.4, 0.5) is 0 Å². The van der Waals surface area contributed by atoms with Gasteiger partial charge in [-0.15, -0.1) is 0 Å². The van der Waals surface area contributed by atoms with Crippen molar-refractivity contribution in [1.29, 1.82) is 0 Å². The van der Waals surface area contributed by atoms with Gasteiger partial charge in [-0.1, -0.05) is 24.3 Å². The van der Waals surface area contributed by atoms with Crippen molar-refractivity contribution in [2.75, 3.05) is 42.3 Å². The van der Waals surface area contributed by atoms with Gasteiger partial charge in [0, 0.05) is 0 Å². The van der Waals surface area contributed by atoms with Gasteiger partial charge in [0.2, 0.25) is 0 Å². The molecule has 0 aliphatic rings. The smallest absolute Gasteiger partial charge is 0.162 e. The van der Waals surface area contributed by atoms with Crippen molar-refractivity contribution < 1.29 is 20.4 Å². The maximum absolute atomic E-state index is 3.56. The van der Waals surface area contributed by atoms with Crippen LogP contribution < -0.4 is 0 Å². The van der Waals surface area contributed by atoms with Crippen LogP contribution in [0.5, 0.6) is 0 Å². The molecule has 0 radical (unpaired) electrons. The van der Waals surface area contributed by atoms with Gasteiger partial charge in [-0.2, -0.15) is 42.3 Å². The quantitative estimate of drug-likeness (QED) is 0.405. The molecular formula is C19H39N3Ti. The van der Waals surface area contributed by atoms with E-state index in [4.69, 9.17) is 0 Å². The maximum Gasteiger partial charge on any atom is -0.162 e. The first kappa shape index (κ1) is 34.0. The Morgan fingerprint density at radius 3 is 1.13 bits per heavy atom. The van der Waals surface area contributed by atoms with Crippen LogP contribution in [0.3, 0.4) is 0 Å². The third kappa shape index (κ3) is 90.3. The predicted octanol–water partition coefficient (Wildman–Crippen LogP) is 6.40. The number of hydrogen-bond acceptors (Lipinski definition) is 0. The summed E-state index contributed by atoms with van der Waals surface area (Å²) in [6.45, 7) is 13.9. The van der Waals surface area contributed by atoms with Gasteiger partial charge in [0.1, 0.15) is 0 Å². The largest absolute Gasteiger partial charge is 0.668 e. The first-order valence-electron chi connectivity index (χ1n) is 7.40. The number of nitrogens with zero attached hydrogens (tertiary/aromatic N) is 3. The number of hydrogen-bond donors (Lipinski definition) is 0. The third-order valence-electron chi connectivity index (χ3n) is 1.52. The summed E-state index contributed by atoms with van der Waals surface area (Å²) in [6.07, 6.45) is 6.02. The Kier molecular flexibility index (Phi) is 55.6. The van der Waals surface area contributed by atoms with E-state index in [-0.39, 0.29) is 0 Å². The average molecular weight is 357 g/mol. The van der Waals surface area contributed by atoms with Crippen molar-refractivity contribution in [3.05, 3.63) is 61.9 Å². The Labute approximate surface area is 159 Å². The molecule has 0 fully saturated rings. The molecule has 0 atom stereocenters. The minimum atomic E-state index is 1.23. The van der Waals surface area contributed by atoms with Crippen LogP contribution >= 0.6 is 0 Å². The van der Waals surface area contributed by atoms with E-state index in [0.29, 0.717) is 0 Å². The van der Waals surface area contributed by atoms with Crippen LogP contribution in [0.15, 0.2) is 45.9 Å².